The van der Waals surface area contributed by atoms with Gasteiger partial charge in [0.2, 0.25) is 0 Å². The Morgan fingerprint density at radius 2 is 2.40 bits per heavy atom. The summed E-state index contributed by atoms with van der Waals surface area (Å²) in [6.07, 6.45) is 1.77. The Hall–Kier alpha value is -1.35. The molecule has 1 aliphatic rings. The van der Waals surface area contributed by atoms with Crippen LogP contribution in [0.15, 0.2) is 18.2 Å². The minimum absolute atomic E-state index is 0.150. The monoisotopic (exact) mass is 206 g/mol. The van der Waals surface area contributed by atoms with Crippen LogP contribution in [0.25, 0.3) is 0 Å². The van der Waals surface area contributed by atoms with Gasteiger partial charge in [0, 0.05) is 12.5 Å². The highest BCUT2D eigenvalue weighted by molar-refractivity contribution is 5.91. The van der Waals surface area contributed by atoms with E-state index in [0.717, 1.165) is 24.0 Å². The van der Waals surface area contributed by atoms with Crippen molar-refractivity contribution >= 4 is 5.97 Å². The lowest BCUT2D eigenvalue weighted by Crippen LogP contribution is -2.06. The van der Waals surface area contributed by atoms with E-state index in [2.05, 4.69) is 0 Å². The summed E-state index contributed by atoms with van der Waals surface area (Å²) in [7, 11) is 1.39. The van der Waals surface area contributed by atoms with Crippen LogP contribution in [0.1, 0.15) is 33.8 Å². The van der Waals surface area contributed by atoms with Crippen LogP contribution in [0.4, 0.5) is 0 Å². The van der Waals surface area contributed by atoms with Gasteiger partial charge in [0.05, 0.1) is 12.7 Å². The van der Waals surface area contributed by atoms with Crippen molar-refractivity contribution in [3.05, 3.63) is 34.9 Å². The SMILES string of the molecule is COC(=O)c1cccc2c1CCC2CO. The summed E-state index contributed by atoms with van der Waals surface area (Å²) in [5.74, 6) is -0.102. The Labute approximate surface area is 88.7 Å². The first kappa shape index (κ1) is 10.2. The third kappa shape index (κ3) is 1.63. The fourth-order valence-electron chi connectivity index (χ4n) is 2.23. The van der Waals surface area contributed by atoms with E-state index in [4.69, 9.17) is 4.74 Å². The lowest BCUT2D eigenvalue weighted by molar-refractivity contribution is 0.0599. The molecule has 0 fully saturated rings. The highest BCUT2D eigenvalue weighted by Gasteiger charge is 2.26. The molecule has 0 saturated heterocycles. The van der Waals surface area contributed by atoms with E-state index in [1.165, 1.54) is 7.11 Å². The summed E-state index contributed by atoms with van der Waals surface area (Å²) in [6.45, 7) is 0.150. The molecule has 0 bridgehead atoms. The van der Waals surface area contributed by atoms with Crippen LogP contribution < -0.4 is 0 Å². The lowest BCUT2D eigenvalue weighted by Gasteiger charge is -2.09. The number of fused-ring (bicyclic) bond motifs is 1. The molecule has 2 rings (SSSR count). The summed E-state index contributed by atoms with van der Waals surface area (Å²) in [5, 5.41) is 9.18. The summed E-state index contributed by atoms with van der Waals surface area (Å²) in [5.41, 5.74) is 2.79. The predicted octanol–water partition coefficient (Wildman–Crippen LogP) is 1.50. The molecule has 1 aromatic carbocycles. The smallest absolute Gasteiger partial charge is 0.338 e. The Morgan fingerprint density at radius 3 is 3.07 bits per heavy atom. The number of carbonyl (C=O) groups is 1. The zero-order chi connectivity index (χ0) is 10.8. The van der Waals surface area contributed by atoms with Crippen LogP contribution in [-0.4, -0.2) is 24.8 Å². The topological polar surface area (TPSA) is 46.5 Å². The zero-order valence-electron chi connectivity index (χ0n) is 8.69. The standard InChI is InChI=1S/C12H14O3/c1-15-12(14)11-4-2-3-9-8(7-13)5-6-10(9)11/h2-4,8,13H,5-7H2,1H3. The Kier molecular flexibility index (Phi) is 2.73. The first-order chi connectivity index (χ1) is 7.27. The number of methoxy groups -OCH3 is 1. The van der Waals surface area contributed by atoms with Gasteiger partial charge in [-0.15, -0.1) is 0 Å². The second kappa shape index (κ2) is 4.03. The Bertz CT molecular complexity index is 384. The number of esters is 1. The highest BCUT2D eigenvalue weighted by atomic mass is 16.5. The van der Waals surface area contributed by atoms with Gasteiger partial charge in [-0.1, -0.05) is 12.1 Å². The summed E-state index contributed by atoms with van der Waals surface area (Å²) < 4.78 is 4.73. The van der Waals surface area contributed by atoms with Crippen LogP contribution >= 0.6 is 0 Å². The van der Waals surface area contributed by atoms with Crippen molar-refractivity contribution in [3.8, 4) is 0 Å². The number of carbonyl (C=O) groups excluding carboxylic acids is 1. The molecular formula is C12H14O3. The normalized spacial score (nSPS) is 18.7. The van der Waals surface area contributed by atoms with Crippen LogP contribution in [0.2, 0.25) is 0 Å². The molecule has 1 atom stereocenters. The molecular weight excluding hydrogens is 192 g/mol. The third-order valence-electron chi connectivity index (χ3n) is 3.02. The quantitative estimate of drug-likeness (QED) is 0.746. The van der Waals surface area contributed by atoms with E-state index in [1.54, 1.807) is 6.07 Å². The highest BCUT2D eigenvalue weighted by Crippen LogP contribution is 2.34. The molecule has 0 amide bonds. The van der Waals surface area contributed by atoms with E-state index in [-0.39, 0.29) is 18.5 Å². The number of aliphatic hydroxyl groups is 1. The van der Waals surface area contributed by atoms with Gasteiger partial charge in [-0.2, -0.15) is 0 Å². The van der Waals surface area contributed by atoms with E-state index >= 15 is 0 Å². The fraction of sp³-hybridized carbons (Fsp3) is 0.417. The van der Waals surface area contributed by atoms with Crippen molar-refractivity contribution < 1.29 is 14.6 Å². The van der Waals surface area contributed by atoms with Gasteiger partial charge in [0.25, 0.3) is 0 Å². The molecule has 1 N–H and O–H groups in total. The van der Waals surface area contributed by atoms with Gasteiger partial charge in [-0.25, -0.2) is 4.79 Å². The lowest BCUT2D eigenvalue weighted by atomic mass is 9.99. The van der Waals surface area contributed by atoms with Crippen molar-refractivity contribution in [2.75, 3.05) is 13.7 Å². The minimum atomic E-state index is -0.287. The van der Waals surface area contributed by atoms with Crippen molar-refractivity contribution in [1.82, 2.24) is 0 Å². The Morgan fingerprint density at radius 1 is 1.60 bits per heavy atom. The van der Waals surface area contributed by atoms with Gasteiger partial charge in [0.15, 0.2) is 0 Å². The second-order valence-corrected chi connectivity index (χ2v) is 3.78. The van der Waals surface area contributed by atoms with Crippen molar-refractivity contribution in [2.24, 2.45) is 0 Å². The molecule has 15 heavy (non-hydrogen) atoms. The molecule has 3 nitrogen and oxygen atoms in total. The van der Waals surface area contributed by atoms with Gasteiger partial charge < -0.3 is 9.84 Å². The van der Waals surface area contributed by atoms with Gasteiger partial charge >= 0.3 is 5.97 Å². The van der Waals surface area contributed by atoms with E-state index in [1.807, 2.05) is 12.1 Å². The number of ether oxygens (including phenoxy) is 1. The van der Waals surface area contributed by atoms with Gasteiger partial charge in [0.1, 0.15) is 0 Å². The minimum Gasteiger partial charge on any atom is -0.465 e. The maximum atomic E-state index is 11.5. The molecule has 0 aliphatic heterocycles. The first-order valence-electron chi connectivity index (χ1n) is 5.09. The van der Waals surface area contributed by atoms with Crippen molar-refractivity contribution in [2.45, 2.75) is 18.8 Å². The summed E-state index contributed by atoms with van der Waals surface area (Å²) >= 11 is 0. The maximum absolute atomic E-state index is 11.5. The van der Waals surface area contributed by atoms with Crippen LogP contribution in [0.5, 0.6) is 0 Å². The maximum Gasteiger partial charge on any atom is 0.338 e. The van der Waals surface area contributed by atoms with Crippen LogP contribution in [0, 0.1) is 0 Å². The molecule has 1 aliphatic carbocycles. The van der Waals surface area contributed by atoms with Crippen LogP contribution in [-0.2, 0) is 11.2 Å². The second-order valence-electron chi connectivity index (χ2n) is 3.78. The molecule has 0 heterocycles. The molecule has 1 unspecified atom stereocenters. The molecule has 1 aromatic rings. The van der Waals surface area contributed by atoms with Gasteiger partial charge in [-0.3, -0.25) is 0 Å². The van der Waals surface area contributed by atoms with Gasteiger partial charge in [-0.05, 0) is 30.0 Å². The van der Waals surface area contributed by atoms with E-state index < -0.39 is 0 Å². The average Bonchev–Trinajstić information content (AvgIpc) is 2.70. The molecule has 0 saturated carbocycles. The summed E-state index contributed by atoms with van der Waals surface area (Å²) in [6, 6.07) is 5.61. The largest absolute Gasteiger partial charge is 0.465 e. The third-order valence-corrected chi connectivity index (χ3v) is 3.02. The predicted molar refractivity (Wildman–Crippen MR) is 55.9 cm³/mol. The van der Waals surface area contributed by atoms with Crippen molar-refractivity contribution in [1.29, 1.82) is 0 Å². The molecule has 3 heteroatoms. The van der Waals surface area contributed by atoms with Crippen LogP contribution in [0.3, 0.4) is 0 Å². The first-order valence-corrected chi connectivity index (χ1v) is 5.09. The number of rotatable bonds is 2. The molecule has 0 aromatic heterocycles. The average molecular weight is 206 g/mol. The molecule has 0 spiro atoms. The molecule has 80 valence electrons. The molecule has 0 radical (unpaired) electrons. The number of hydrogen-bond acceptors (Lipinski definition) is 3. The number of benzene rings is 1. The van der Waals surface area contributed by atoms with E-state index in [9.17, 15) is 9.90 Å². The van der Waals surface area contributed by atoms with Crippen molar-refractivity contribution in [3.63, 3.8) is 0 Å². The number of aliphatic hydroxyl groups excluding tert-OH is 1. The zero-order valence-corrected chi connectivity index (χ0v) is 8.69. The number of hydrogen-bond donors (Lipinski definition) is 1. The summed E-state index contributed by atoms with van der Waals surface area (Å²) in [4.78, 5) is 11.5. The fourth-order valence-corrected chi connectivity index (χ4v) is 2.23. The van der Waals surface area contributed by atoms with E-state index in [0.29, 0.717) is 5.56 Å². The Balaban J connectivity index is 2.44.